The smallest absolute Gasteiger partial charge is 0.247 e. The van der Waals surface area contributed by atoms with E-state index in [1.54, 1.807) is 11.6 Å². The highest BCUT2D eigenvalue weighted by Gasteiger charge is 2.30. The number of Topliss-reactive ketones (excluding diaryl/α,β-unsaturated/α-hetero) is 1. The molecule has 0 fully saturated rings. The van der Waals surface area contributed by atoms with Crippen LogP contribution in [0.4, 0.5) is 5.13 Å². The average molecular weight is 407 g/mol. The molecule has 0 saturated carbocycles. The molecule has 0 amide bonds. The number of nitrogens with zero attached hydrogens (tertiary/aromatic N) is 3. The average Bonchev–Trinajstić information content (AvgIpc) is 3.00. The minimum atomic E-state index is -4.03. The molecule has 2 aromatic heterocycles. The molecule has 0 radical (unpaired) electrons. The number of aromatic nitrogens is 2. The summed E-state index contributed by atoms with van der Waals surface area (Å²) in [5.41, 5.74) is -0.0707. The van der Waals surface area contributed by atoms with Crippen LogP contribution < -0.4 is 5.32 Å². The van der Waals surface area contributed by atoms with Gasteiger partial charge in [0.15, 0.2) is 5.13 Å². The van der Waals surface area contributed by atoms with Crippen molar-refractivity contribution in [1.82, 2.24) is 14.3 Å². The van der Waals surface area contributed by atoms with Crippen molar-refractivity contribution >= 4 is 55.5 Å². The Kier molecular flexibility index (Phi) is 5.94. The van der Waals surface area contributed by atoms with E-state index in [0.29, 0.717) is 5.13 Å². The lowest BCUT2D eigenvalue weighted by Crippen LogP contribution is -2.28. The SMILES string of the molecule is CN(C)S(=O)(=O)/C(=C\Nc1nccs1)C(=O)c1ccc(Cl)nc1Cl. The highest BCUT2D eigenvalue weighted by molar-refractivity contribution is 7.94. The fourth-order valence-electron chi connectivity index (χ4n) is 1.59. The Bertz CT molecular complexity index is 881. The third-order valence-electron chi connectivity index (χ3n) is 2.80. The predicted octanol–water partition coefficient (Wildman–Crippen LogP) is 2.87. The van der Waals surface area contributed by atoms with Gasteiger partial charge < -0.3 is 5.32 Å². The second-order valence-corrected chi connectivity index (χ2v) is 8.34. The number of carbonyl (C=O) groups excluding carboxylic acids is 1. The highest BCUT2D eigenvalue weighted by Crippen LogP contribution is 2.23. The standard InChI is InChI=1S/C13H12Cl2N4O3S2/c1-19(2)24(21,22)9(7-17-13-16-5-6-23-13)11(20)8-3-4-10(14)18-12(8)15/h3-7H,1-2H3,(H,16,17)/b9-7-. The van der Waals surface area contributed by atoms with E-state index in [1.807, 2.05) is 0 Å². The van der Waals surface area contributed by atoms with E-state index in [4.69, 9.17) is 23.2 Å². The molecule has 0 spiro atoms. The van der Waals surface area contributed by atoms with Crippen LogP contribution in [0.25, 0.3) is 0 Å². The van der Waals surface area contributed by atoms with Gasteiger partial charge in [-0.05, 0) is 12.1 Å². The van der Waals surface area contributed by atoms with Gasteiger partial charge in [0.25, 0.3) is 0 Å². The molecule has 0 aliphatic carbocycles. The minimum absolute atomic E-state index is 0.0707. The van der Waals surface area contributed by atoms with Crippen LogP contribution in [-0.4, -0.2) is 42.6 Å². The molecule has 0 aliphatic rings. The second kappa shape index (κ2) is 7.58. The Labute approximate surface area is 153 Å². The first-order valence-corrected chi connectivity index (χ1v) is 9.46. The third kappa shape index (κ3) is 4.11. The Morgan fingerprint density at radius 2 is 2.04 bits per heavy atom. The molecule has 7 nitrogen and oxygen atoms in total. The van der Waals surface area contributed by atoms with Crippen LogP contribution >= 0.6 is 34.5 Å². The Morgan fingerprint density at radius 1 is 1.33 bits per heavy atom. The summed E-state index contributed by atoms with van der Waals surface area (Å²) in [6.45, 7) is 0. The van der Waals surface area contributed by atoms with Crippen molar-refractivity contribution in [2.75, 3.05) is 19.4 Å². The predicted molar refractivity (Wildman–Crippen MR) is 95.0 cm³/mol. The number of ketones is 1. The van der Waals surface area contributed by atoms with E-state index >= 15 is 0 Å². The number of carbonyl (C=O) groups is 1. The Hall–Kier alpha value is -1.52. The summed E-state index contributed by atoms with van der Waals surface area (Å²) in [4.78, 5) is 19.9. The third-order valence-corrected chi connectivity index (χ3v) is 5.82. The molecular weight excluding hydrogens is 395 g/mol. The number of halogens is 2. The normalized spacial score (nSPS) is 12.5. The van der Waals surface area contributed by atoms with Gasteiger partial charge in [0, 0.05) is 31.9 Å². The molecule has 128 valence electrons. The topological polar surface area (TPSA) is 92.3 Å². The highest BCUT2D eigenvalue weighted by atomic mass is 35.5. The van der Waals surface area contributed by atoms with Crippen LogP contribution in [0.2, 0.25) is 10.3 Å². The first-order chi connectivity index (χ1) is 11.2. The molecule has 24 heavy (non-hydrogen) atoms. The number of allylic oxidation sites excluding steroid dienone is 1. The van der Waals surface area contributed by atoms with E-state index in [-0.39, 0.29) is 15.9 Å². The lowest BCUT2D eigenvalue weighted by molar-refractivity contribution is 0.104. The van der Waals surface area contributed by atoms with Gasteiger partial charge in [-0.1, -0.05) is 23.2 Å². The number of thiazole rings is 1. The molecule has 2 heterocycles. The van der Waals surface area contributed by atoms with Crippen molar-refractivity contribution < 1.29 is 13.2 Å². The zero-order chi connectivity index (χ0) is 17.9. The summed E-state index contributed by atoms with van der Waals surface area (Å²) >= 11 is 12.9. The summed E-state index contributed by atoms with van der Waals surface area (Å²) < 4.78 is 25.9. The number of hydrogen-bond donors (Lipinski definition) is 1. The van der Waals surface area contributed by atoms with Crippen LogP contribution in [0.1, 0.15) is 10.4 Å². The number of nitrogens with one attached hydrogen (secondary N) is 1. The van der Waals surface area contributed by atoms with Crippen LogP contribution in [-0.2, 0) is 10.0 Å². The molecular formula is C13H12Cl2N4O3S2. The van der Waals surface area contributed by atoms with Crippen molar-refractivity contribution in [3.8, 4) is 0 Å². The zero-order valence-electron chi connectivity index (χ0n) is 12.5. The van der Waals surface area contributed by atoms with E-state index in [2.05, 4.69) is 15.3 Å². The molecule has 0 unspecified atom stereocenters. The largest absolute Gasteiger partial charge is 0.337 e. The van der Waals surface area contributed by atoms with Crippen molar-refractivity contribution in [2.24, 2.45) is 0 Å². The van der Waals surface area contributed by atoms with Gasteiger partial charge in [-0.3, -0.25) is 4.79 Å². The number of sulfonamides is 1. The van der Waals surface area contributed by atoms with Crippen molar-refractivity contribution in [3.05, 3.63) is 50.7 Å². The lowest BCUT2D eigenvalue weighted by atomic mass is 10.2. The lowest BCUT2D eigenvalue weighted by Gasteiger charge is -2.14. The molecule has 0 bridgehead atoms. The van der Waals surface area contributed by atoms with Gasteiger partial charge in [-0.15, -0.1) is 11.3 Å². The molecule has 0 aliphatic heterocycles. The molecule has 0 atom stereocenters. The molecule has 2 aromatic rings. The van der Waals surface area contributed by atoms with E-state index < -0.39 is 20.7 Å². The maximum Gasteiger partial charge on any atom is 0.247 e. The Morgan fingerprint density at radius 3 is 2.58 bits per heavy atom. The fourth-order valence-corrected chi connectivity index (χ4v) is 3.47. The second-order valence-electron chi connectivity index (χ2n) is 4.58. The van der Waals surface area contributed by atoms with Gasteiger partial charge in [0.1, 0.15) is 15.2 Å². The summed E-state index contributed by atoms with van der Waals surface area (Å²) in [6.07, 6.45) is 2.63. The summed E-state index contributed by atoms with van der Waals surface area (Å²) in [6, 6.07) is 2.68. The van der Waals surface area contributed by atoms with Gasteiger partial charge in [-0.25, -0.2) is 22.7 Å². The van der Waals surface area contributed by atoms with Crippen LogP contribution in [0.15, 0.2) is 34.8 Å². The van der Waals surface area contributed by atoms with Gasteiger partial charge >= 0.3 is 0 Å². The van der Waals surface area contributed by atoms with Gasteiger partial charge in [-0.2, -0.15) is 0 Å². The van der Waals surface area contributed by atoms with Crippen molar-refractivity contribution in [1.29, 1.82) is 0 Å². The maximum atomic E-state index is 12.7. The van der Waals surface area contributed by atoms with Gasteiger partial charge in [0.05, 0.1) is 5.56 Å². The van der Waals surface area contributed by atoms with E-state index in [0.717, 1.165) is 10.5 Å². The molecule has 2 rings (SSSR count). The van der Waals surface area contributed by atoms with Crippen LogP contribution in [0.3, 0.4) is 0 Å². The van der Waals surface area contributed by atoms with E-state index in [9.17, 15) is 13.2 Å². The summed E-state index contributed by atoms with van der Waals surface area (Å²) in [5.74, 6) is -0.804. The number of anilines is 1. The quantitative estimate of drug-likeness (QED) is 0.450. The van der Waals surface area contributed by atoms with E-state index in [1.165, 1.54) is 37.6 Å². The van der Waals surface area contributed by atoms with Crippen molar-refractivity contribution in [3.63, 3.8) is 0 Å². The summed E-state index contributed by atoms with van der Waals surface area (Å²) in [5, 5.41) is 4.76. The molecule has 1 N–H and O–H groups in total. The van der Waals surface area contributed by atoms with Crippen LogP contribution in [0, 0.1) is 0 Å². The molecule has 0 aromatic carbocycles. The zero-order valence-corrected chi connectivity index (χ0v) is 15.7. The number of rotatable bonds is 6. The monoisotopic (exact) mass is 406 g/mol. The first kappa shape index (κ1) is 18.8. The van der Waals surface area contributed by atoms with Crippen molar-refractivity contribution in [2.45, 2.75) is 0 Å². The number of hydrogen-bond acceptors (Lipinski definition) is 7. The first-order valence-electron chi connectivity index (χ1n) is 6.39. The van der Waals surface area contributed by atoms with Gasteiger partial charge in [0.2, 0.25) is 15.8 Å². The Balaban J connectivity index is 2.49. The fraction of sp³-hybridized carbons (Fsp3) is 0.154. The molecule has 11 heteroatoms. The maximum absolute atomic E-state index is 12.7. The summed E-state index contributed by atoms with van der Waals surface area (Å²) in [7, 11) is -1.38. The molecule has 0 saturated heterocycles. The van der Waals surface area contributed by atoms with Crippen LogP contribution in [0.5, 0.6) is 0 Å². The number of pyridine rings is 1. The minimum Gasteiger partial charge on any atom is -0.337 e.